The molecule has 0 saturated heterocycles. The lowest BCUT2D eigenvalue weighted by Gasteiger charge is -2.10. The molecule has 0 saturated carbocycles. The van der Waals surface area contributed by atoms with Crippen molar-refractivity contribution in [2.75, 3.05) is 0 Å². The third-order valence-corrected chi connectivity index (χ3v) is 2.74. The van der Waals surface area contributed by atoms with Gasteiger partial charge in [-0.3, -0.25) is 4.79 Å². The molecule has 0 amide bonds. The summed E-state index contributed by atoms with van der Waals surface area (Å²) in [6.45, 7) is 2.18. The summed E-state index contributed by atoms with van der Waals surface area (Å²) >= 11 is 0. The maximum Gasteiger partial charge on any atom is 0.352 e. The molecule has 1 aromatic heterocycles. The summed E-state index contributed by atoms with van der Waals surface area (Å²) in [6, 6.07) is 5.07. The Morgan fingerprint density at radius 1 is 1.39 bits per heavy atom. The van der Waals surface area contributed by atoms with E-state index in [1.807, 2.05) is 6.92 Å². The second kappa shape index (κ2) is 4.60. The average molecular weight is 249 g/mol. The molecule has 0 spiro atoms. The number of fused-ring (bicyclic) bond motifs is 1. The summed E-state index contributed by atoms with van der Waals surface area (Å²) in [5.41, 5.74) is -0.508. The van der Waals surface area contributed by atoms with Crippen molar-refractivity contribution in [2.24, 2.45) is 0 Å². The zero-order chi connectivity index (χ0) is 13.3. The van der Waals surface area contributed by atoms with Gasteiger partial charge in [-0.05, 0) is 36.1 Å². The van der Waals surface area contributed by atoms with Gasteiger partial charge in [0.1, 0.15) is 11.5 Å². The van der Waals surface area contributed by atoms with Gasteiger partial charge in [0.25, 0.3) is 5.56 Å². The van der Waals surface area contributed by atoms with Gasteiger partial charge in [0.2, 0.25) is 0 Å². The summed E-state index contributed by atoms with van der Waals surface area (Å²) in [5, 5.41) is 9.73. The molecular formula is C13H12FNO3. The standard InChI is InChI=1S/C13H12FNO3/c1-2-5-15-11(13(17)18)7-8-6-9(14)3-4-10(8)12(15)16/h3-4,6-7H,2,5H2,1H3,(H,17,18). The van der Waals surface area contributed by atoms with Crippen molar-refractivity contribution in [1.82, 2.24) is 4.57 Å². The van der Waals surface area contributed by atoms with Gasteiger partial charge < -0.3 is 9.67 Å². The third-order valence-electron chi connectivity index (χ3n) is 2.74. The smallest absolute Gasteiger partial charge is 0.352 e. The minimum Gasteiger partial charge on any atom is -0.477 e. The highest BCUT2D eigenvalue weighted by Gasteiger charge is 2.14. The van der Waals surface area contributed by atoms with E-state index >= 15 is 0 Å². The highest BCUT2D eigenvalue weighted by atomic mass is 19.1. The normalized spacial score (nSPS) is 10.8. The molecule has 0 radical (unpaired) electrons. The lowest BCUT2D eigenvalue weighted by atomic mass is 10.1. The number of aromatic nitrogens is 1. The van der Waals surface area contributed by atoms with Crippen LogP contribution in [0, 0.1) is 5.82 Å². The molecule has 0 bridgehead atoms. The quantitative estimate of drug-likeness (QED) is 0.907. The van der Waals surface area contributed by atoms with Crippen molar-refractivity contribution in [3.8, 4) is 0 Å². The van der Waals surface area contributed by atoms with E-state index in [-0.39, 0.29) is 5.69 Å². The van der Waals surface area contributed by atoms with E-state index in [0.717, 1.165) is 0 Å². The number of benzene rings is 1. The minimum atomic E-state index is -1.19. The van der Waals surface area contributed by atoms with Crippen LogP contribution >= 0.6 is 0 Å². The number of carbonyl (C=O) groups is 1. The molecule has 5 heteroatoms. The van der Waals surface area contributed by atoms with Crippen molar-refractivity contribution in [3.05, 3.63) is 46.1 Å². The number of carboxylic acid groups (broad SMARTS) is 1. The number of hydrogen-bond donors (Lipinski definition) is 1. The maximum absolute atomic E-state index is 13.1. The Kier molecular flexibility index (Phi) is 3.14. The van der Waals surface area contributed by atoms with E-state index in [2.05, 4.69) is 0 Å². The van der Waals surface area contributed by atoms with Crippen LogP contribution in [0.1, 0.15) is 23.8 Å². The maximum atomic E-state index is 13.1. The van der Waals surface area contributed by atoms with Gasteiger partial charge in [0, 0.05) is 11.9 Å². The molecule has 1 aromatic carbocycles. The largest absolute Gasteiger partial charge is 0.477 e. The van der Waals surface area contributed by atoms with Crippen LogP contribution in [-0.2, 0) is 6.54 Å². The van der Waals surface area contributed by atoms with E-state index < -0.39 is 17.3 Å². The number of nitrogens with zero attached hydrogens (tertiary/aromatic N) is 1. The highest BCUT2D eigenvalue weighted by molar-refractivity contribution is 5.92. The van der Waals surface area contributed by atoms with E-state index in [9.17, 15) is 14.0 Å². The number of aromatic carboxylic acids is 1. The Morgan fingerprint density at radius 3 is 2.72 bits per heavy atom. The Hall–Kier alpha value is -2.17. The van der Waals surface area contributed by atoms with Crippen molar-refractivity contribution < 1.29 is 14.3 Å². The Bertz CT molecular complexity index is 676. The van der Waals surface area contributed by atoms with Crippen LogP contribution in [0.4, 0.5) is 4.39 Å². The first-order valence-electron chi connectivity index (χ1n) is 5.61. The van der Waals surface area contributed by atoms with Gasteiger partial charge in [-0.15, -0.1) is 0 Å². The predicted octanol–water partition coefficient (Wildman–Crippen LogP) is 2.25. The Labute approximate surface area is 102 Å². The molecule has 94 valence electrons. The molecule has 4 nitrogen and oxygen atoms in total. The van der Waals surface area contributed by atoms with Crippen LogP contribution in [0.3, 0.4) is 0 Å². The Balaban J connectivity index is 2.85. The lowest BCUT2D eigenvalue weighted by Crippen LogP contribution is -2.26. The average Bonchev–Trinajstić information content (AvgIpc) is 2.32. The van der Waals surface area contributed by atoms with E-state index in [1.165, 1.54) is 28.8 Å². The van der Waals surface area contributed by atoms with E-state index in [1.54, 1.807) is 0 Å². The van der Waals surface area contributed by atoms with Gasteiger partial charge >= 0.3 is 5.97 Å². The van der Waals surface area contributed by atoms with Crippen molar-refractivity contribution in [3.63, 3.8) is 0 Å². The monoisotopic (exact) mass is 249 g/mol. The molecule has 2 rings (SSSR count). The molecule has 0 aliphatic rings. The fourth-order valence-corrected chi connectivity index (χ4v) is 1.95. The van der Waals surface area contributed by atoms with Crippen molar-refractivity contribution in [2.45, 2.75) is 19.9 Å². The number of hydrogen-bond acceptors (Lipinski definition) is 2. The topological polar surface area (TPSA) is 59.3 Å². The van der Waals surface area contributed by atoms with Crippen LogP contribution in [0.2, 0.25) is 0 Å². The van der Waals surface area contributed by atoms with Gasteiger partial charge in [0.15, 0.2) is 0 Å². The summed E-state index contributed by atoms with van der Waals surface area (Å²) in [4.78, 5) is 23.3. The van der Waals surface area contributed by atoms with Crippen LogP contribution in [0.15, 0.2) is 29.1 Å². The summed E-state index contributed by atoms with van der Waals surface area (Å²) in [5.74, 6) is -1.68. The van der Waals surface area contributed by atoms with Crippen molar-refractivity contribution >= 4 is 16.7 Å². The molecule has 18 heavy (non-hydrogen) atoms. The second-order valence-electron chi connectivity index (χ2n) is 4.02. The van der Waals surface area contributed by atoms with Crippen LogP contribution in [0.25, 0.3) is 10.8 Å². The van der Waals surface area contributed by atoms with Crippen LogP contribution < -0.4 is 5.56 Å². The molecule has 1 heterocycles. The van der Waals surface area contributed by atoms with Gasteiger partial charge in [-0.25, -0.2) is 9.18 Å². The molecular weight excluding hydrogens is 237 g/mol. The molecule has 1 N–H and O–H groups in total. The van der Waals surface area contributed by atoms with Gasteiger partial charge in [0.05, 0.1) is 0 Å². The molecule has 0 atom stereocenters. The number of halogens is 1. The molecule has 0 aliphatic carbocycles. The number of rotatable bonds is 3. The minimum absolute atomic E-state index is 0.111. The second-order valence-corrected chi connectivity index (χ2v) is 4.02. The zero-order valence-electron chi connectivity index (χ0n) is 9.81. The zero-order valence-corrected chi connectivity index (χ0v) is 9.81. The fraction of sp³-hybridized carbons (Fsp3) is 0.231. The van der Waals surface area contributed by atoms with Gasteiger partial charge in [-0.2, -0.15) is 0 Å². The first-order chi connectivity index (χ1) is 8.54. The van der Waals surface area contributed by atoms with Crippen LogP contribution in [0.5, 0.6) is 0 Å². The first-order valence-corrected chi connectivity index (χ1v) is 5.61. The molecule has 2 aromatic rings. The van der Waals surface area contributed by atoms with Crippen LogP contribution in [-0.4, -0.2) is 15.6 Å². The Morgan fingerprint density at radius 2 is 2.11 bits per heavy atom. The van der Waals surface area contributed by atoms with E-state index in [4.69, 9.17) is 5.11 Å². The molecule has 0 fully saturated rings. The predicted molar refractivity (Wildman–Crippen MR) is 65.4 cm³/mol. The lowest BCUT2D eigenvalue weighted by molar-refractivity contribution is 0.0683. The third kappa shape index (κ3) is 1.99. The fourth-order valence-electron chi connectivity index (χ4n) is 1.95. The molecule has 0 unspecified atom stereocenters. The highest BCUT2D eigenvalue weighted by Crippen LogP contribution is 2.14. The number of carboxylic acids is 1. The molecule has 0 aliphatic heterocycles. The summed E-state index contributed by atoms with van der Waals surface area (Å²) in [7, 11) is 0. The first kappa shape index (κ1) is 12.3. The number of pyridine rings is 1. The summed E-state index contributed by atoms with van der Waals surface area (Å²) in [6.07, 6.45) is 0.646. The SMILES string of the molecule is CCCn1c(C(=O)O)cc2cc(F)ccc2c1=O. The van der Waals surface area contributed by atoms with Crippen molar-refractivity contribution in [1.29, 1.82) is 0 Å². The summed E-state index contributed by atoms with van der Waals surface area (Å²) < 4.78 is 14.3. The van der Waals surface area contributed by atoms with E-state index in [0.29, 0.717) is 23.7 Å². The van der Waals surface area contributed by atoms with Gasteiger partial charge in [-0.1, -0.05) is 6.92 Å².